The van der Waals surface area contributed by atoms with Gasteiger partial charge in [0.05, 0.1) is 0 Å². The van der Waals surface area contributed by atoms with Crippen LogP contribution in [-0.4, -0.2) is 48.8 Å². The number of carbonyl (C=O) groups excluding carboxylic acids is 3. The number of rotatable bonds is 6. The summed E-state index contributed by atoms with van der Waals surface area (Å²) in [5.74, 6) is -0.993. The number of carbonyl (C=O) groups is 3. The maximum Gasteiger partial charge on any atom is 0.316 e. The zero-order valence-electron chi connectivity index (χ0n) is 13.5. The third kappa shape index (κ3) is 4.55. The number of hydrogen-bond acceptors (Lipinski definition) is 3. The monoisotopic (exact) mass is 317 g/mol. The number of likely N-dealkylation sites (tertiary alicyclic amines) is 1. The van der Waals surface area contributed by atoms with Crippen LogP contribution < -0.4 is 10.2 Å². The highest BCUT2D eigenvalue weighted by Gasteiger charge is 2.22. The molecule has 1 aromatic rings. The standard InChI is InChI=1S/C17H23N3O3/c1-2-20(14-8-4-3-5-9-14)17(23)16(22)18-11-7-13-19-12-6-10-15(19)21/h3-5,8-9H,2,6-7,10-13H2,1H3,(H,18,22). The normalized spacial score (nSPS) is 14.0. The van der Waals surface area contributed by atoms with E-state index in [1.807, 2.05) is 25.1 Å². The highest BCUT2D eigenvalue weighted by molar-refractivity contribution is 6.40. The Balaban J connectivity index is 1.78. The summed E-state index contributed by atoms with van der Waals surface area (Å²) >= 11 is 0. The molecule has 124 valence electrons. The van der Waals surface area contributed by atoms with Crippen molar-refractivity contribution in [2.75, 3.05) is 31.1 Å². The van der Waals surface area contributed by atoms with E-state index < -0.39 is 11.8 Å². The summed E-state index contributed by atoms with van der Waals surface area (Å²) in [4.78, 5) is 38.9. The molecule has 0 unspecified atom stereocenters. The minimum atomic E-state index is -0.608. The van der Waals surface area contributed by atoms with Crippen molar-refractivity contribution in [1.29, 1.82) is 0 Å². The number of nitrogens with one attached hydrogen (secondary N) is 1. The van der Waals surface area contributed by atoms with Crippen molar-refractivity contribution in [3.8, 4) is 0 Å². The first-order valence-corrected chi connectivity index (χ1v) is 8.06. The van der Waals surface area contributed by atoms with E-state index in [1.165, 1.54) is 4.90 Å². The van der Waals surface area contributed by atoms with Gasteiger partial charge in [-0.2, -0.15) is 0 Å². The van der Waals surface area contributed by atoms with Crippen LogP contribution in [0.4, 0.5) is 5.69 Å². The highest BCUT2D eigenvalue weighted by atomic mass is 16.2. The molecular weight excluding hydrogens is 294 g/mol. The van der Waals surface area contributed by atoms with Gasteiger partial charge >= 0.3 is 11.8 Å². The van der Waals surface area contributed by atoms with Crippen LogP contribution in [0, 0.1) is 0 Å². The molecule has 0 aromatic heterocycles. The summed E-state index contributed by atoms with van der Waals surface area (Å²) in [5.41, 5.74) is 0.706. The first kappa shape index (κ1) is 17.0. The van der Waals surface area contributed by atoms with Crippen molar-refractivity contribution in [1.82, 2.24) is 10.2 Å². The molecule has 0 bridgehead atoms. The molecule has 1 aliphatic heterocycles. The van der Waals surface area contributed by atoms with Gasteiger partial charge in [0.2, 0.25) is 5.91 Å². The van der Waals surface area contributed by atoms with Gasteiger partial charge in [-0.25, -0.2) is 0 Å². The lowest BCUT2D eigenvalue weighted by Gasteiger charge is -2.20. The van der Waals surface area contributed by atoms with E-state index in [4.69, 9.17) is 0 Å². The van der Waals surface area contributed by atoms with Crippen LogP contribution in [0.15, 0.2) is 30.3 Å². The molecule has 6 heteroatoms. The molecule has 1 N–H and O–H groups in total. The lowest BCUT2D eigenvalue weighted by molar-refractivity contribution is -0.137. The van der Waals surface area contributed by atoms with Crippen LogP contribution >= 0.6 is 0 Å². The zero-order chi connectivity index (χ0) is 16.7. The number of anilines is 1. The minimum absolute atomic E-state index is 0.175. The molecule has 0 aliphatic carbocycles. The molecule has 3 amide bonds. The van der Waals surface area contributed by atoms with Gasteiger partial charge < -0.3 is 15.1 Å². The van der Waals surface area contributed by atoms with Crippen molar-refractivity contribution < 1.29 is 14.4 Å². The van der Waals surface area contributed by atoms with E-state index in [2.05, 4.69) is 5.32 Å². The predicted octanol–water partition coefficient (Wildman–Crippen LogP) is 1.17. The second-order valence-corrected chi connectivity index (χ2v) is 5.48. The lowest BCUT2D eigenvalue weighted by atomic mass is 10.2. The molecule has 0 radical (unpaired) electrons. The van der Waals surface area contributed by atoms with E-state index in [1.54, 1.807) is 17.0 Å². The van der Waals surface area contributed by atoms with Gasteiger partial charge in [-0.1, -0.05) is 18.2 Å². The third-order valence-corrected chi connectivity index (χ3v) is 3.89. The Morgan fingerprint density at radius 3 is 2.61 bits per heavy atom. The van der Waals surface area contributed by atoms with Gasteiger partial charge in [0.25, 0.3) is 0 Å². The summed E-state index contributed by atoms with van der Waals surface area (Å²) in [6.07, 6.45) is 2.18. The second kappa shape index (κ2) is 8.31. The molecular formula is C17H23N3O3. The smallest absolute Gasteiger partial charge is 0.316 e. The molecule has 0 saturated carbocycles. The summed E-state index contributed by atoms with van der Waals surface area (Å²) < 4.78 is 0. The van der Waals surface area contributed by atoms with Crippen LogP contribution in [0.3, 0.4) is 0 Å². The molecule has 1 aliphatic rings. The van der Waals surface area contributed by atoms with Crippen LogP contribution in [0.2, 0.25) is 0 Å². The van der Waals surface area contributed by atoms with E-state index in [-0.39, 0.29) is 5.91 Å². The fourth-order valence-corrected chi connectivity index (χ4v) is 2.66. The predicted molar refractivity (Wildman–Crippen MR) is 87.9 cm³/mol. The Bertz CT molecular complexity index is 559. The Morgan fingerprint density at radius 2 is 2.00 bits per heavy atom. The van der Waals surface area contributed by atoms with E-state index >= 15 is 0 Å². The summed E-state index contributed by atoms with van der Waals surface area (Å²) in [5, 5.41) is 2.64. The van der Waals surface area contributed by atoms with Crippen molar-refractivity contribution in [3.05, 3.63) is 30.3 Å². The highest BCUT2D eigenvalue weighted by Crippen LogP contribution is 2.13. The van der Waals surface area contributed by atoms with Crippen LogP contribution in [0.5, 0.6) is 0 Å². The minimum Gasteiger partial charge on any atom is -0.348 e. The topological polar surface area (TPSA) is 69.7 Å². The summed E-state index contributed by atoms with van der Waals surface area (Å²) in [6, 6.07) is 9.12. The molecule has 1 saturated heterocycles. The van der Waals surface area contributed by atoms with Crippen molar-refractivity contribution >= 4 is 23.4 Å². The maximum absolute atomic E-state index is 12.2. The van der Waals surface area contributed by atoms with E-state index in [0.717, 1.165) is 13.0 Å². The number of nitrogens with zero attached hydrogens (tertiary/aromatic N) is 2. The van der Waals surface area contributed by atoms with Gasteiger partial charge in [-0.3, -0.25) is 14.4 Å². The average molecular weight is 317 g/mol. The molecule has 0 atom stereocenters. The molecule has 0 spiro atoms. The van der Waals surface area contributed by atoms with E-state index in [0.29, 0.717) is 38.2 Å². The quantitative estimate of drug-likeness (QED) is 0.632. The fraction of sp³-hybridized carbons (Fsp3) is 0.471. The van der Waals surface area contributed by atoms with Gasteiger partial charge in [-0.15, -0.1) is 0 Å². The number of amides is 3. The average Bonchev–Trinajstić information content (AvgIpc) is 2.98. The third-order valence-electron chi connectivity index (χ3n) is 3.89. The molecule has 6 nitrogen and oxygen atoms in total. The Labute approximate surface area is 136 Å². The molecule has 2 rings (SSSR count). The largest absolute Gasteiger partial charge is 0.348 e. The van der Waals surface area contributed by atoms with Gasteiger partial charge in [-0.05, 0) is 31.9 Å². The van der Waals surface area contributed by atoms with E-state index in [9.17, 15) is 14.4 Å². The fourth-order valence-electron chi connectivity index (χ4n) is 2.66. The number of hydrogen-bond donors (Lipinski definition) is 1. The molecule has 1 aromatic carbocycles. The van der Waals surface area contributed by atoms with Crippen LogP contribution in [-0.2, 0) is 14.4 Å². The number of benzene rings is 1. The Hall–Kier alpha value is -2.37. The van der Waals surface area contributed by atoms with Crippen LogP contribution in [0.1, 0.15) is 26.2 Å². The van der Waals surface area contributed by atoms with Gasteiger partial charge in [0, 0.05) is 38.3 Å². The SMILES string of the molecule is CCN(C(=O)C(=O)NCCCN1CCCC1=O)c1ccccc1. The van der Waals surface area contributed by atoms with Gasteiger partial charge in [0.15, 0.2) is 0 Å². The second-order valence-electron chi connectivity index (χ2n) is 5.48. The lowest BCUT2D eigenvalue weighted by Crippen LogP contribution is -2.43. The molecule has 1 fully saturated rings. The van der Waals surface area contributed by atoms with Gasteiger partial charge in [0.1, 0.15) is 0 Å². The first-order chi connectivity index (χ1) is 11.1. The molecule has 23 heavy (non-hydrogen) atoms. The summed E-state index contributed by atoms with van der Waals surface area (Å²) in [7, 11) is 0. The van der Waals surface area contributed by atoms with Crippen molar-refractivity contribution in [3.63, 3.8) is 0 Å². The van der Waals surface area contributed by atoms with Crippen LogP contribution in [0.25, 0.3) is 0 Å². The number of para-hydroxylation sites is 1. The maximum atomic E-state index is 12.2. The van der Waals surface area contributed by atoms with Crippen molar-refractivity contribution in [2.24, 2.45) is 0 Å². The summed E-state index contributed by atoms with van der Waals surface area (Å²) in [6.45, 7) is 4.07. The first-order valence-electron chi connectivity index (χ1n) is 8.06. The number of likely N-dealkylation sites (N-methyl/N-ethyl adjacent to an activating group) is 1. The van der Waals surface area contributed by atoms with Crippen molar-refractivity contribution in [2.45, 2.75) is 26.2 Å². The Kier molecular flexibility index (Phi) is 6.14. The Morgan fingerprint density at radius 1 is 1.26 bits per heavy atom. The zero-order valence-corrected chi connectivity index (χ0v) is 13.5. The molecule has 1 heterocycles.